The lowest BCUT2D eigenvalue weighted by Crippen LogP contribution is -2.16. The number of hydrogen-bond donors (Lipinski definition) is 1. The number of carbonyl (C=O) groups is 2. The number of benzene rings is 2. The van der Waals surface area contributed by atoms with E-state index in [4.69, 9.17) is 4.74 Å². The van der Waals surface area contributed by atoms with Crippen molar-refractivity contribution < 1.29 is 14.3 Å². The first-order valence-corrected chi connectivity index (χ1v) is 8.17. The van der Waals surface area contributed by atoms with Crippen molar-refractivity contribution in [3.8, 4) is 0 Å². The van der Waals surface area contributed by atoms with Gasteiger partial charge in [0.2, 0.25) is 0 Å². The molecule has 0 atom stereocenters. The van der Waals surface area contributed by atoms with Crippen LogP contribution in [-0.2, 0) is 4.74 Å². The van der Waals surface area contributed by atoms with Gasteiger partial charge in [0.25, 0.3) is 5.91 Å². The van der Waals surface area contributed by atoms with Crippen LogP contribution < -0.4 is 5.32 Å². The smallest absolute Gasteiger partial charge is 0.338 e. The normalized spacial score (nSPS) is 10.6. The van der Waals surface area contributed by atoms with Gasteiger partial charge in [-0.25, -0.2) is 9.78 Å². The van der Waals surface area contributed by atoms with E-state index >= 15 is 0 Å². The number of rotatable bonds is 3. The maximum absolute atomic E-state index is 12.5. The van der Waals surface area contributed by atoms with Crippen molar-refractivity contribution in [1.82, 2.24) is 4.98 Å². The molecule has 0 bridgehead atoms. The number of methoxy groups -OCH3 is 1. The van der Waals surface area contributed by atoms with E-state index in [-0.39, 0.29) is 17.0 Å². The molecule has 0 aliphatic rings. The first kappa shape index (κ1) is 16.1. The van der Waals surface area contributed by atoms with Crippen molar-refractivity contribution >= 4 is 38.6 Å². The minimum absolute atomic E-state index is 0.227. The number of aryl methyl sites for hydroxylation is 2. The van der Waals surface area contributed by atoms with E-state index in [1.54, 1.807) is 24.3 Å². The van der Waals surface area contributed by atoms with Gasteiger partial charge < -0.3 is 4.74 Å². The highest BCUT2D eigenvalue weighted by Crippen LogP contribution is 2.30. The molecular weight excluding hydrogens is 324 g/mol. The molecule has 1 heterocycles. The molecule has 5 nitrogen and oxygen atoms in total. The minimum Gasteiger partial charge on any atom is -0.465 e. The Morgan fingerprint density at radius 1 is 1.12 bits per heavy atom. The van der Waals surface area contributed by atoms with Gasteiger partial charge in [-0.2, -0.15) is 0 Å². The fourth-order valence-electron chi connectivity index (χ4n) is 2.56. The summed E-state index contributed by atoms with van der Waals surface area (Å²) < 4.78 is 5.76. The molecule has 3 aromatic rings. The quantitative estimate of drug-likeness (QED) is 0.733. The zero-order valence-corrected chi connectivity index (χ0v) is 14.4. The molecule has 2 aromatic carbocycles. The summed E-state index contributed by atoms with van der Waals surface area (Å²) in [7, 11) is 1.29. The molecule has 24 heavy (non-hydrogen) atoms. The van der Waals surface area contributed by atoms with Crippen molar-refractivity contribution in [2.75, 3.05) is 12.4 Å². The number of nitrogens with zero attached hydrogens (tertiary/aromatic N) is 1. The van der Waals surface area contributed by atoms with E-state index in [2.05, 4.69) is 16.4 Å². The number of hydrogen-bond acceptors (Lipinski definition) is 5. The summed E-state index contributed by atoms with van der Waals surface area (Å²) in [5, 5.41) is 3.28. The average molecular weight is 340 g/mol. The van der Waals surface area contributed by atoms with Crippen molar-refractivity contribution in [1.29, 1.82) is 0 Å². The molecule has 0 spiro atoms. The molecule has 0 unspecified atom stereocenters. The zero-order valence-electron chi connectivity index (χ0n) is 13.5. The third-order valence-electron chi connectivity index (χ3n) is 3.62. The molecule has 1 amide bonds. The highest BCUT2D eigenvalue weighted by atomic mass is 32.1. The Bertz CT molecular complexity index is 947. The van der Waals surface area contributed by atoms with E-state index in [0.717, 1.165) is 21.3 Å². The van der Waals surface area contributed by atoms with Gasteiger partial charge >= 0.3 is 5.97 Å². The molecule has 122 valence electrons. The number of thiazole rings is 1. The van der Waals surface area contributed by atoms with Gasteiger partial charge in [-0.05, 0) is 43.2 Å². The van der Waals surface area contributed by atoms with Crippen molar-refractivity contribution in [2.45, 2.75) is 13.8 Å². The second kappa shape index (κ2) is 6.41. The van der Waals surface area contributed by atoms with E-state index < -0.39 is 5.97 Å². The number of nitrogens with one attached hydrogen (secondary N) is 1. The third kappa shape index (κ3) is 3.00. The van der Waals surface area contributed by atoms with Crippen LogP contribution in [0.15, 0.2) is 36.4 Å². The van der Waals surface area contributed by atoms with Crippen LogP contribution in [0.25, 0.3) is 10.2 Å². The van der Waals surface area contributed by atoms with Gasteiger partial charge in [-0.1, -0.05) is 29.5 Å². The summed E-state index contributed by atoms with van der Waals surface area (Å²) in [6.07, 6.45) is 0. The van der Waals surface area contributed by atoms with Crippen LogP contribution in [0.5, 0.6) is 0 Å². The summed E-state index contributed by atoms with van der Waals surface area (Å²) in [5.41, 5.74) is 3.59. The number of amides is 1. The highest BCUT2D eigenvalue weighted by Gasteiger charge is 2.18. The summed E-state index contributed by atoms with van der Waals surface area (Å²) in [6.45, 7) is 4.03. The Morgan fingerprint density at radius 3 is 2.54 bits per heavy atom. The lowest BCUT2D eigenvalue weighted by Gasteiger charge is -2.06. The molecule has 0 saturated carbocycles. The molecule has 6 heteroatoms. The average Bonchev–Trinajstić information content (AvgIpc) is 2.96. The number of fused-ring (bicyclic) bond motifs is 1. The topological polar surface area (TPSA) is 68.3 Å². The van der Waals surface area contributed by atoms with Crippen LogP contribution in [0.1, 0.15) is 31.8 Å². The van der Waals surface area contributed by atoms with E-state index in [1.165, 1.54) is 18.4 Å². The van der Waals surface area contributed by atoms with Gasteiger partial charge in [0.05, 0.1) is 28.5 Å². The lowest BCUT2D eigenvalue weighted by molar-refractivity contribution is 0.0597. The Morgan fingerprint density at radius 2 is 1.83 bits per heavy atom. The van der Waals surface area contributed by atoms with Gasteiger partial charge in [0.15, 0.2) is 5.13 Å². The van der Waals surface area contributed by atoms with Crippen LogP contribution in [0.4, 0.5) is 5.13 Å². The summed E-state index contributed by atoms with van der Waals surface area (Å²) >= 11 is 1.42. The number of esters is 1. The molecule has 3 rings (SSSR count). The maximum atomic E-state index is 12.5. The predicted molar refractivity (Wildman–Crippen MR) is 94.8 cm³/mol. The van der Waals surface area contributed by atoms with Gasteiger partial charge in [0, 0.05) is 0 Å². The molecule has 0 radical (unpaired) electrons. The number of ether oxygens (including phenoxy) is 1. The van der Waals surface area contributed by atoms with E-state index in [9.17, 15) is 9.59 Å². The fourth-order valence-corrected chi connectivity index (χ4v) is 3.47. The van der Waals surface area contributed by atoms with E-state index in [0.29, 0.717) is 5.13 Å². The van der Waals surface area contributed by atoms with Crippen molar-refractivity contribution in [3.63, 3.8) is 0 Å². The SMILES string of the molecule is COC(=O)c1ccccc1C(=O)Nc1nc2cc(C)cc(C)c2s1. The summed E-state index contributed by atoms with van der Waals surface area (Å²) in [4.78, 5) is 28.8. The van der Waals surface area contributed by atoms with Gasteiger partial charge in [0.1, 0.15) is 0 Å². The van der Waals surface area contributed by atoms with Crippen LogP contribution in [0.2, 0.25) is 0 Å². The fraction of sp³-hybridized carbons (Fsp3) is 0.167. The summed E-state index contributed by atoms with van der Waals surface area (Å²) in [6, 6.07) is 10.6. The van der Waals surface area contributed by atoms with Crippen molar-refractivity contribution in [3.05, 3.63) is 58.7 Å². The number of aromatic nitrogens is 1. The van der Waals surface area contributed by atoms with Crippen LogP contribution in [0.3, 0.4) is 0 Å². The molecule has 0 aliphatic carbocycles. The number of anilines is 1. The predicted octanol–water partition coefficient (Wildman–Crippen LogP) is 3.95. The Hall–Kier alpha value is -2.73. The zero-order chi connectivity index (χ0) is 17.3. The van der Waals surface area contributed by atoms with Gasteiger partial charge in [-0.15, -0.1) is 0 Å². The third-order valence-corrected chi connectivity index (χ3v) is 4.74. The van der Waals surface area contributed by atoms with Crippen molar-refractivity contribution in [2.24, 2.45) is 0 Å². The lowest BCUT2D eigenvalue weighted by atomic mass is 10.1. The molecule has 0 aliphatic heterocycles. The van der Waals surface area contributed by atoms with Crippen LogP contribution >= 0.6 is 11.3 Å². The molecular formula is C18H16N2O3S. The highest BCUT2D eigenvalue weighted by molar-refractivity contribution is 7.22. The Balaban J connectivity index is 1.93. The largest absolute Gasteiger partial charge is 0.465 e. The van der Waals surface area contributed by atoms with Crippen LogP contribution in [0, 0.1) is 13.8 Å². The summed E-state index contributed by atoms with van der Waals surface area (Å²) in [5.74, 6) is -0.930. The Kier molecular flexibility index (Phi) is 4.31. The van der Waals surface area contributed by atoms with Crippen LogP contribution in [-0.4, -0.2) is 24.0 Å². The maximum Gasteiger partial charge on any atom is 0.338 e. The Labute approximate surface area is 143 Å². The standard InChI is InChI=1S/C18H16N2O3S/c1-10-8-11(2)15-14(9-10)19-18(24-15)20-16(21)12-6-4-5-7-13(12)17(22)23-3/h4-9H,1-3H3,(H,19,20,21). The minimum atomic E-state index is -0.545. The van der Waals surface area contributed by atoms with E-state index in [1.807, 2.05) is 19.9 Å². The first-order valence-electron chi connectivity index (χ1n) is 7.36. The molecule has 0 fully saturated rings. The molecule has 1 aromatic heterocycles. The molecule has 0 saturated heterocycles. The second-order valence-corrected chi connectivity index (χ2v) is 6.44. The number of carbonyl (C=O) groups excluding carboxylic acids is 2. The second-order valence-electron chi connectivity index (χ2n) is 5.44. The monoisotopic (exact) mass is 340 g/mol. The van der Waals surface area contributed by atoms with Gasteiger partial charge in [-0.3, -0.25) is 10.1 Å². The first-order chi connectivity index (χ1) is 11.5. The molecule has 1 N–H and O–H groups in total.